The van der Waals surface area contributed by atoms with Crippen molar-refractivity contribution in [1.82, 2.24) is 19.5 Å². The predicted octanol–water partition coefficient (Wildman–Crippen LogP) is 15.2. The molecule has 4 heterocycles. The van der Waals surface area contributed by atoms with Gasteiger partial charge in [0.05, 0.1) is 22.4 Å². The van der Waals surface area contributed by atoms with Crippen molar-refractivity contribution in [3.8, 4) is 39.5 Å². The fourth-order valence-electron chi connectivity index (χ4n) is 8.03. The second-order valence-electron chi connectivity index (χ2n) is 17.3. The Balaban J connectivity index is 0.000000278. The van der Waals surface area contributed by atoms with Crippen molar-refractivity contribution in [2.75, 3.05) is 0 Å². The van der Waals surface area contributed by atoms with Crippen molar-refractivity contribution in [2.24, 2.45) is 0 Å². The predicted molar refractivity (Wildman–Crippen MR) is 255 cm³/mol. The van der Waals surface area contributed by atoms with Gasteiger partial charge in [-0.15, -0.1) is 53.1 Å². The van der Waals surface area contributed by atoms with Gasteiger partial charge in [0.15, 0.2) is 11.5 Å². The summed E-state index contributed by atoms with van der Waals surface area (Å²) in [7, 11) is 0. The second-order valence-corrected chi connectivity index (χ2v) is 17.3. The first-order valence-electron chi connectivity index (χ1n) is 25.3. The van der Waals surface area contributed by atoms with Crippen LogP contribution in [0.15, 0.2) is 130 Å². The molecule has 0 aliphatic rings. The summed E-state index contributed by atoms with van der Waals surface area (Å²) in [5, 5.41) is 0.843. The maximum atomic E-state index is 8.44. The Bertz CT molecular complexity index is 3500. The third kappa shape index (κ3) is 8.28. The van der Waals surface area contributed by atoms with Crippen LogP contribution in [0.2, 0.25) is 0 Å². The number of aryl methyl sites for hydroxylation is 3. The summed E-state index contributed by atoms with van der Waals surface area (Å²) in [4.78, 5) is 13.8. The number of fused-ring (bicyclic) bond motifs is 5. The van der Waals surface area contributed by atoms with Crippen molar-refractivity contribution in [1.29, 1.82) is 0 Å². The van der Waals surface area contributed by atoms with Crippen LogP contribution in [-0.2, 0) is 25.5 Å². The van der Waals surface area contributed by atoms with Gasteiger partial charge in [-0.2, -0.15) is 0 Å². The molecule has 0 unspecified atom stereocenters. The molecule has 6 aromatic carbocycles. The van der Waals surface area contributed by atoms with Crippen LogP contribution >= 0.6 is 0 Å². The topological polar surface area (TPSA) is 69.9 Å². The van der Waals surface area contributed by atoms with Crippen molar-refractivity contribution in [3.05, 3.63) is 167 Å². The molecule has 0 saturated heterocycles. The van der Waals surface area contributed by atoms with Crippen LogP contribution in [0.1, 0.15) is 106 Å². The fourth-order valence-corrected chi connectivity index (χ4v) is 8.03. The number of aromatic nitrogens is 4. The number of hydrogen-bond acceptors (Lipinski definition) is 5. The maximum Gasteiger partial charge on any atom is 0.192 e. The van der Waals surface area contributed by atoms with Gasteiger partial charge in [-0.05, 0) is 81.1 Å². The summed E-state index contributed by atoms with van der Waals surface area (Å²) in [5.74, 6) is 0.450. The summed E-state index contributed by atoms with van der Waals surface area (Å²) in [6.45, 7) is 8.03. The maximum absolute atomic E-state index is 8.44. The average Bonchev–Trinajstić information content (AvgIpc) is 4.03. The van der Waals surface area contributed by atoms with E-state index in [1.807, 2.05) is 60.8 Å². The van der Waals surface area contributed by atoms with Crippen molar-refractivity contribution in [2.45, 2.75) is 86.3 Å². The number of oxazole rings is 1. The molecule has 0 fully saturated rings. The Morgan fingerprint density at radius 3 is 2.11 bits per heavy atom. The monoisotopic (exact) mass is 1010 g/mol. The molecule has 10 rings (SSSR count). The number of nitrogens with zero attached hydrogens (tertiary/aromatic N) is 4. The molecule has 4 aromatic heterocycles. The van der Waals surface area contributed by atoms with Gasteiger partial charge in [-0.3, -0.25) is 4.98 Å². The van der Waals surface area contributed by atoms with E-state index in [0.29, 0.717) is 38.9 Å². The van der Waals surface area contributed by atoms with Crippen LogP contribution in [0.5, 0.6) is 0 Å². The number of pyridine rings is 1. The Labute approximate surface area is 396 Å². The van der Waals surface area contributed by atoms with Gasteiger partial charge >= 0.3 is 0 Å². The third-order valence-corrected chi connectivity index (χ3v) is 11.3. The SMILES string of the molecule is [2H]C([2H])([2H])c1c[c-]c(-c2ccc(C(C)(C)C)cn2)cc1.[2H]C([2H])([2H])c1nc2cc3c(cc2o1)oc1c(-c2nc4ccccc4n2-c2c(C(C)C)cc(-c4ccccc4)cc2C(C)C)[c-]cc(C([2H])([2H])[2H])c13.[Ir]. The summed E-state index contributed by atoms with van der Waals surface area (Å²) in [6.07, 6.45) is 1.86. The summed E-state index contributed by atoms with van der Waals surface area (Å²) >= 11 is 0. The normalized spacial score (nSPS) is 14.5. The summed E-state index contributed by atoms with van der Waals surface area (Å²) < 4.78 is 84.9. The van der Waals surface area contributed by atoms with Gasteiger partial charge in [0, 0.05) is 62.6 Å². The van der Waals surface area contributed by atoms with Crippen LogP contribution in [-0.4, -0.2) is 19.5 Å². The molecule has 0 bridgehead atoms. The van der Waals surface area contributed by atoms with E-state index in [-0.39, 0.29) is 54.0 Å². The van der Waals surface area contributed by atoms with Gasteiger partial charge in [0.2, 0.25) is 0 Å². The zero-order valence-corrected chi connectivity index (χ0v) is 38.5. The van der Waals surface area contributed by atoms with E-state index in [0.717, 1.165) is 50.2 Å². The first kappa shape index (κ1) is 33.4. The first-order chi connectivity index (χ1) is 33.4. The molecule has 0 saturated carbocycles. The zero-order valence-electron chi connectivity index (χ0n) is 45.1. The molecule has 0 spiro atoms. The number of benzene rings is 6. The minimum absolute atomic E-state index is 0. The van der Waals surface area contributed by atoms with Gasteiger partial charge in [0.1, 0.15) is 11.1 Å². The largest absolute Gasteiger partial charge is 0.500 e. The van der Waals surface area contributed by atoms with E-state index in [9.17, 15) is 0 Å². The molecule has 0 atom stereocenters. The van der Waals surface area contributed by atoms with Gasteiger partial charge in [-0.1, -0.05) is 128 Å². The number of furan rings is 1. The number of rotatable bonds is 6. The smallest absolute Gasteiger partial charge is 0.192 e. The van der Waals surface area contributed by atoms with Gasteiger partial charge in [-0.25, -0.2) is 4.98 Å². The quantitative estimate of drug-likeness (QED) is 0.155. The fraction of sp³-hybridized carbons (Fsp3) is 0.232. The molecule has 7 heteroatoms. The van der Waals surface area contributed by atoms with Crippen LogP contribution in [0.25, 0.3) is 83.5 Å². The third-order valence-electron chi connectivity index (χ3n) is 11.3. The standard InChI is InChI=1S/C40H34N3O2.C16H18N.Ir/c1-22(2)29-18-27(26-12-8-7-9-13-26)19-30(23(3)4)38(29)43-34-15-11-10-14-32(34)42-40(43)28-17-16-24(5)37-31-20-33-36(44-25(6)41-33)21-35(31)45-39(28)37;1-12-5-7-13(8-6-12)15-10-9-14(11-17-15)16(2,3)4;/h7-16,18-23H,1-6H3;5-7,9-11H,1-4H3;/q2*-1;/i5D3,6D3;1D3;. The second kappa shape index (κ2) is 17.2. The van der Waals surface area contributed by atoms with Crippen LogP contribution < -0.4 is 0 Å². The molecule has 1 radical (unpaired) electrons. The summed E-state index contributed by atoms with van der Waals surface area (Å²) in [6, 6.07) is 42.7. The van der Waals surface area contributed by atoms with Crippen molar-refractivity contribution in [3.63, 3.8) is 0 Å². The molecule has 0 aliphatic heterocycles. The Hall–Kier alpha value is -6.14. The molecular formula is C56H52IrN4O2-2. The summed E-state index contributed by atoms with van der Waals surface area (Å²) in [5.41, 5.74) is 12.0. The molecule has 319 valence electrons. The number of para-hydroxylation sites is 2. The van der Waals surface area contributed by atoms with Gasteiger partial charge in [0.25, 0.3) is 0 Å². The molecule has 0 amide bonds. The molecule has 0 N–H and O–H groups in total. The number of hydrogen-bond donors (Lipinski definition) is 0. The average molecular weight is 1010 g/mol. The number of imidazole rings is 1. The van der Waals surface area contributed by atoms with E-state index in [4.69, 9.17) is 26.2 Å². The van der Waals surface area contributed by atoms with Crippen LogP contribution in [0, 0.1) is 32.7 Å². The van der Waals surface area contributed by atoms with Crippen molar-refractivity contribution >= 4 is 44.1 Å². The Kier molecular flexibility index (Phi) is 9.13. The van der Waals surface area contributed by atoms with E-state index < -0.39 is 26.4 Å². The molecular weight excluding hydrogens is 953 g/mol. The molecule has 63 heavy (non-hydrogen) atoms. The Morgan fingerprint density at radius 2 is 1.46 bits per heavy atom. The van der Waals surface area contributed by atoms with Gasteiger partial charge < -0.3 is 18.4 Å². The molecule has 6 nitrogen and oxygen atoms in total. The zero-order chi connectivity index (χ0) is 50.9. The molecule has 10 aromatic rings. The van der Waals surface area contributed by atoms with E-state index in [2.05, 4.69) is 99.4 Å². The minimum Gasteiger partial charge on any atom is -0.500 e. The first-order valence-corrected chi connectivity index (χ1v) is 20.8. The minimum atomic E-state index is -2.55. The Morgan fingerprint density at radius 1 is 0.698 bits per heavy atom. The van der Waals surface area contributed by atoms with E-state index >= 15 is 0 Å². The van der Waals surface area contributed by atoms with Crippen LogP contribution in [0.3, 0.4) is 0 Å². The van der Waals surface area contributed by atoms with E-state index in [1.54, 1.807) is 24.3 Å². The molecule has 0 aliphatic carbocycles. The van der Waals surface area contributed by atoms with Crippen LogP contribution in [0.4, 0.5) is 0 Å². The van der Waals surface area contributed by atoms with Crippen molar-refractivity contribution < 1.29 is 41.3 Å². The van der Waals surface area contributed by atoms with E-state index in [1.165, 1.54) is 17.7 Å².